The standard InChI is InChI=1S/C36H51F3O8S/c1-33(2,3)22-35(7,34(4,5)6)32(43)45-18-10-13-27(42)26(41)12-9-17-44-24-15-14-23-19-29(46-28(23)20-24)31-30(47-36(37,38)39)21-25(48-31)11-8-16-40/h14-15,19-21,26-27,40-42H,8-13,16-18,22H2,1-7H3. The zero-order chi connectivity index (χ0) is 35.9. The van der Waals surface area contributed by atoms with Crippen LogP contribution in [0.2, 0.25) is 0 Å². The van der Waals surface area contributed by atoms with E-state index >= 15 is 0 Å². The summed E-state index contributed by atoms with van der Waals surface area (Å²) in [5.74, 6) is 0.103. The summed E-state index contributed by atoms with van der Waals surface area (Å²) >= 11 is 1.12. The van der Waals surface area contributed by atoms with Gasteiger partial charge in [0.15, 0.2) is 5.75 Å². The molecule has 3 atom stereocenters. The van der Waals surface area contributed by atoms with Gasteiger partial charge in [0.1, 0.15) is 22.0 Å². The maximum atomic E-state index is 13.1. The van der Waals surface area contributed by atoms with E-state index in [-0.39, 0.29) is 59.4 Å². The Morgan fingerprint density at radius 1 is 0.917 bits per heavy atom. The number of aliphatic hydroxyl groups excluding tert-OH is 3. The summed E-state index contributed by atoms with van der Waals surface area (Å²) < 4.78 is 60.7. The van der Waals surface area contributed by atoms with Crippen LogP contribution >= 0.6 is 11.3 Å². The zero-order valence-electron chi connectivity index (χ0n) is 29.0. The van der Waals surface area contributed by atoms with Gasteiger partial charge in [-0.3, -0.25) is 4.79 Å². The SMILES string of the molecule is CC(C)(C)CC(C)(C(=O)OCCCC(O)C(O)CCCOc1ccc2cc(-c3sc(CCCO)cc3OC(F)(F)F)oc2c1)C(C)(C)C. The molecule has 0 aliphatic carbocycles. The molecule has 48 heavy (non-hydrogen) atoms. The Labute approximate surface area is 285 Å². The first-order valence-electron chi connectivity index (χ1n) is 16.4. The third-order valence-electron chi connectivity index (χ3n) is 8.50. The number of thiophene rings is 1. The molecule has 8 nitrogen and oxygen atoms in total. The van der Waals surface area contributed by atoms with Crippen molar-refractivity contribution in [3.8, 4) is 22.1 Å². The molecule has 1 aromatic carbocycles. The van der Waals surface area contributed by atoms with E-state index < -0.39 is 24.0 Å². The first-order valence-corrected chi connectivity index (χ1v) is 17.2. The number of halogens is 3. The molecule has 2 aromatic heterocycles. The summed E-state index contributed by atoms with van der Waals surface area (Å²) in [5.41, 5.74) is -0.601. The minimum atomic E-state index is -4.87. The molecule has 0 bridgehead atoms. The number of alkyl halides is 3. The summed E-state index contributed by atoms with van der Waals surface area (Å²) in [7, 11) is 0. The van der Waals surface area contributed by atoms with Crippen molar-refractivity contribution >= 4 is 28.3 Å². The van der Waals surface area contributed by atoms with Crippen LogP contribution in [-0.2, 0) is 16.0 Å². The number of fused-ring (bicyclic) bond motifs is 1. The van der Waals surface area contributed by atoms with Gasteiger partial charge in [-0.15, -0.1) is 24.5 Å². The first-order chi connectivity index (χ1) is 22.2. The summed E-state index contributed by atoms with van der Waals surface area (Å²) in [4.78, 5) is 13.9. The maximum Gasteiger partial charge on any atom is 0.573 e. The lowest BCUT2D eigenvalue weighted by Crippen LogP contribution is -2.44. The second-order valence-electron chi connectivity index (χ2n) is 14.8. The third kappa shape index (κ3) is 11.4. The van der Waals surface area contributed by atoms with Crippen LogP contribution in [0.25, 0.3) is 21.6 Å². The lowest BCUT2D eigenvalue weighted by Gasteiger charge is -2.43. The van der Waals surface area contributed by atoms with Gasteiger partial charge in [-0.2, -0.15) is 0 Å². The van der Waals surface area contributed by atoms with Crippen molar-refractivity contribution in [1.82, 2.24) is 0 Å². The predicted molar refractivity (Wildman–Crippen MR) is 180 cm³/mol. The van der Waals surface area contributed by atoms with Gasteiger partial charge in [-0.1, -0.05) is 41.5 Å². The minimum Gasteiger partial charge on any atom is -0.493 e. The molecular weight excluding hydrogens is 649 g/mol. The van der Waals surface area contributed by atoms with Crippen LogP contribution in [0.3, 0.4) is 0 Å². The zero-order valence-corrected chi connectivity index (χ0v) is 29.9. The molecule has 0 spiro atoms. The Balaban J connectivity index is 1.48. The van der Waals surface area contributed by atoms with Crippen LogP contribution in [-0.4, -0.2) is 59.7 Å². The molecule has 0 amide bonds. The van der Waals surface area contributed by atoms with Gasteiger partial charge in [0.25, 0.3) is 0 Å². The fraction of sp³-hybridized carbons (Fsp3) is 0.639. The fourth-order valence-corrected chi connectivity index (χ4v) is 6.65. The summed E-state index contributed by atoms with van der Waals surface area (Å²) in [6.07, 6.45) is -3.88. The Kier molecular flexibility index (Phi) is 13.4. The van der Waals surface area contributed by atoms with Gasteiger partial charge >= 0.3 is 12.3 Å². The molecule has 3 rings (SSSR count). The lowest BCUT2D eigenvalue weighted by molar-refractivity contribution is -0.274. The van der Waals surface area contributed by atoms with Crippen LogP contribution in [0, 0.1) is 16.2 Å². The van der Waals surface area contributed by atoms with Crippen LogP contribution in [0.5, 0.6) is 11.5 Å². The van der Waals surface area contributed by atoms with Crippen LogP contribution in [0.4, 0.5) is 13.2 Å². The van der Waals surface area contributed by atoms with E-state index in [0.717, 1.165) is 11.3 Å². The molecule has 3 aromatic rings. The molecule has 0 radical (unpaired) electrons. The quantitative estimate of drug-likeness (QED) is 0.0946. The Bertz CT molecular complexity index is 1470. The molecule has 0 fully saturated rings. The van der Waals surface area contributed by atoms with Crippen LogP contribution < -0.4 is 9.47 Å². The van der Waals surface area contributed by atoms with E-state index in [4.69, 9.17) is 19.0 Å². The van der Waals surface area contributed by atoms with Crippen LogP contribution in [0.15, 0.2) is 34.7 Å². The van der Waals surface area contributed by atoms with Gasteiger partial charge in [-0.05, 0) is 87.0 Å². The highest BCUT2D eigenvalue weighted by Gasteiger charge is 2.47. The van der Waals surface area contributed by atoms with E-state index in [1.807, 2.05) is 27.7 Å². The topological polar surface area (TPSA) is 119 Å². The average Bonchev–Trinajstić information content (AvgIpc) is 3.56. The number of hydrogen-bond acceptors (Lipinski definition) is 9. The minimum absolute atomic E-state index is 0.0563. The fourth-order valence-electron chi connectivity index (χ4n) is 5.57. The number of aliphatic hydroxyl groups is 3. The van der Waals surface area contributed by atoms with E-state index in [0.29, 0.717) is 60.1 Å². The van der Waals surface area contributed by atoms with Crippen molar-refractivity contribution in [2.24, 2.45) is 16.2 Å². The van der Waals surface area contributed by atoms with Gasteiger partial charge in [-0.25, -0.2) is 0 Å². The largest absolute Gasteiger partial charge is 0.573 e. The Hall–Kier alpha value is -2.80. The van der Waals surface area contributed by atoms with Crippen molar-refractivity contribution in [2.75, 3.05) is 19.8 Å². The second kappa shape index (κ2) is 16.3. The number of aryl methyl sites for hydroxylation is 1. The predicted octanol–water partition coefficient (Wildman–Crippen LogP) is 8.68. The molecule has 0 saturated heterocycles. The third-order valence-corrected chi connectivity index (χ3v) is 9.69. The van der Waals surface area contributed by atoms with E-state index in [1.54, 1.807) is 24.3 Å². The number of carbonyl (C=O) groups is 1. The number of hydrogen-bond donors (Lipinski definition) is 3. The molecule has 0 saturated carbocycles. The molecule has 270 valence electrons. The number of benzene rings is 1. The van der Waals surface area contributed by atoms with Crippen molar-refractivity contribution < 1.29 is 51.9 Å². The number of rotatable bonds is 17. The van der Waals surface area contributed by atoms with Crippen molar-refractivity contribution in [3.63, 3.8) is 0 Å². The average molecular weight is 701 g/mol. The summed E-state index contributed by atoms with van der Waals surface area (Å²) in [6.45, 7) is 14.7. The number of esters is 1. The normalized spacial score (nSPS) is 15.3. The smallest absolute Gasteiger partial charge is 0.493 e. The lowest BCUT2D eigenvalue weighted by atomic mass is 9.61. The second-order valence-corrected chi connectivity index (χ2v) is 16.0. The first kappa shape index (κ1) is 39.6. The molecule has 0 aliphatic rings. The van der Waals surface area contributed by atoms with Crippen LogP contribution in [0.1, 0.15) is 91.9 Å². The molecule has 12 heteroatoms. The monoisotopic (exact) mass is 700 g/mol. The van der Waals surface area contributed by atoms with Gasteiger partial charge in [0.05, 0.1) is 30.8 Å². The van der Waals surface area contributed by atoms with E-state index in [9.17, 15) is 28.2 Å². The molecular formula is C36H51F3O8S. The Morgan fingerprint density at radius 2 is 1.56 bits per heavy atom. The van der Waals surface area contributed by atoms with Gasteiger partial charge < -0.3 is 33.9 Å². The van der Waals surface area contributed by atoms with E-state index in [2.05, 4.69) is 25.5 Å². The summed E-state index contributed by atoms with van der Waals surface area (Å²) in [6, 6.07) is 8.05. The maximum absolute atomic E-state index is 13.1. The van der Waals surface area contributed by atoms with Crippen molar-refractivity contribution in [3.05, 3.63) is 35.2 Å². The van der Waals surface area contributed by atoms with Crippen molar-refractivity contribution in [1.29, 1.82) is 0 Å². The van der Waals surface area contributed by atoms with Gasteiger partial charge in [0, 0.05) is 22.9 Å². The number of furan rings is 1. The summed E-state index contributed by atoms with van der Waals surface area (Å²) in [5, 5.41) is 30.7. The molecule has 3 unspecified atom stereocenters. The van der Waals surface area contributed by atoms with Crippen molar-refractivity contribution in [2.45, 2.75) is 112 Å². The molecule has 2 heterocycles. The highest BCUT2D eigenvalue weighted by Crippen LogP contribution is 2.47. The molecule has 0 aliphatic heterocycles. The van der Waals surface area contributed by atoms with E-state index in [1.165, 1.54) is 6.07 Å². The number of carbonyl (C=O) groups excluding carboxylic acids is 1. The Morgan fingerprint density at radius 3 is 2.15 bits per heavy atom. The van der Waals surface area contributed by atoms with Gasteiger partial charge in [0.2, 0.25) is 0 Å². The number of ether oxygens (including phenoxy) is 3. The highest BCUT2D eigenvalue weighted by atomic mass is 32.1. The molecule has 3 N–H and O–H groups in total. The highest BCUT2D eigenvalue weighted by molar-refractivity contribution is 7.15.